The van der Waals surface area contributed by atoms with Gasteiger partial charge in [0.2, 0.25) is 5.95 Å². The van der Waals surface area contributed by atoms with Crippen LogP contribution in [0, 0.1) is 31.3 Å². The van der Waals surface area contributed by atoms with Gasteiger partial charge in [0, 0.05) is 45.2 Å². The van der Waals surface area contributed by atoms with Crippen molar-refractivity contribution in [1.82, 2.24) is 19.7 Å². The Morgan fingerprint density at radius 1 is 1.11 bits per heavy atom. The van der Waals surface area contributed by atoms with Gasteiger partial charge in [-0.05, 0) is 43.7 Å². The van der Waals surface area contributed by atoms with Crippen molar-refractivity contribution < 1.29 is 22.7 Å². The highest BCUT2D eigenvalue weighted by Crippen LogP contribution is 2.30. The number of carbonyl (C=O) groups is 1. The first-order chi connectivity index (χ1) is 16.7. The number of benzene rings is 2. The number of hydrogen-bond acceptors (Lipinski definition) is 7. The molecule has 3 aromatic rings. The zero-order chi connectivity index (χ0) is 25.1. The van der Waals surface area contributed by atoms with E-state index in [1.165, 1.54) is 17.9 Å². The summed E-state index contributed by atoms with van der Waals surface area (Å²) < 4.78 is 48.8. The zero-order valence-electron chi connectivity index (χ0n) is 19.5. The Labute approximate surface area is 201 Å². The molecule has 1 fully saturated rings. The molecule has 8 nitrogen and oxygen atoms in total. The van der Waals surface area contributed by atoms with Crippen LogP contribution in [0.25, 0.3) is 5.69 Å². The molecule has 2 aromatic carbocycles. The number of ether oxygens (including phenoxy) is 1. The lowest BCUT2D eigenvalue weighted by atomic mass is 10.1. The first kappa shape index (κ1) is 24.5. The third-order valence-electron chi connectivity index (χ3n) is 5.70. The summed E-state index contributed by atoms with van der Waals surface area (Å²) in [6.45, 7) is 9.90. The molecule has 2 heterocycles. The molecule has 0 saturated carbocycles. The van der Waals surface area contributed by atoms with Crippen LogP contribution in [0.5, 0.6) is 0 Å². The Kier molecular flexibility index (Phi) is 7.25. The quantitative estimate of drug-likeness (QED) is 0.510. The van der Waals surface area contributed by atoms with Gasteiger partial charge in [-0.1, -0.05) is 0 Å². The second-order valence-electron chi connectivity index (χ2n) is 8.39. The maximum absolute atomic E-state index is 15.5. The van der Waals surface area contributed by atoms with Crippen molar-refractivity contribution in [2.45, 2.75) is 19.9 Å². The summed E-state index contributed by atoms with van der Waals surface area (Å²) in [5.41, 5.74) is 1.63. The number of rotatable bonds is 7. The minimum Gasteiger partial charge on any atom is -0.464 e. The van der Waals surface area contributed by atoms with Crippen LogP contribution in [0.15, 0.2) is 36.7 Å². The van der Waals surface area contributed by atoms with Gasteiger partial charge in [-0.15, -0.1) is 5.10 Å². The van der Waals surface area contributed by atoms with Crippen LogP contribution in [-0.4, -0.2) is 64.5 Å². The summed E-state index contributed by atoms with van der Waals surface area (Å²) in [7, 11) is 0. The second kappa shape index (κ2) is 10.3. The Hall–Kier alpha value is -3.60. The van der Waals surface area contributed by atoms with E-state index in [1.54, 1.807) is 12.1 Å². The van der Waals surface area contributed by atoms with Crippen molar-refractivity contribution in [3.8, 4) is 5.69 Å². The number of halogens is 3. The predicted molar refractivity (Wildman–Crippen MR) is 125 cm³/mol. The van der Waals surface area contributed by atoms with E-state index in [-0.39, 0.29) is 35.9 Å². The van der Waals surface area contributed by atoms with Crippen LogP contribution in [0.2, 0.25) is 0 Å². The van der Waals surface area contributed by atoms with Crippen molar-refractivity contribution >= 4 is 23.3 Å². The standard InChI is InChI=1S/C24H26F3N6O2/c1-15-8-21(29-24-28-14-33(30-24)20-11-18(25)10-19(26)12-20)23(27)22(9-15)32-6-4-31(5-7-32)16(2)13-35-17(3)34/h8-12,14,16H,2,4-7,13H2,1,3H3,(H,29,30). The summed E-state index contributed by atoms with van der Waals surface area (Å²) in [5, 5.41) is 7.03. The van der Waals surface area contributed by atoms with Gasteiger partial charge in [0.25, 0.3) is 0 Å². The van der Waals surface area contributed by atoms with E-state index in [0.29, 0.717) is 31.9 Å². The van der Waals surface area contributed by atoms with Crippen molar-refractivity contribution in [3.63, 3.8) is 0 Å². The van der Waals surface area contributed by atoms with Crippen LogP contribution < -0.4 is 10.2 Å². The Morgan fingerprint density at radius 3 is 2.46 bits per heavy atom. The molecule has 1 unspecified atom stereocenters. The summed E-state index contributed by atoms with van der Waals surface area (Å²) in [4.78, 5) is 19.2. The summed E-state index contributed by atoms with van der Waals surface area (Å²) in [6, 6.07) is 6.25. The first-order valence-corrected chi connectivity index (χ1v) is 11.1. The molecular formula is C24H26F3N6O2. The van der Waals surface area contributed by atoms with E-state index in [4.69, 9.17) is 4.74 Å². The molecule has 0 bridgehead atoms. The molecule has 1 aliphatic rings. The lowest BCUT2D eigenvalue weighted by molar-refractivity contribution is -0.142. The molecule has 0 spiro atoms. The highest BCUT2D eigenvalue weighted by molar-refractivity contribution is 5.66. The van der Waals surface area contributed by atoms with Crippen molar-refractivity contribution in [3.05, 3.63) is 66.6 Å². The summed E-state index contributed by atoms with van der Waals surface area (Å²) in [5.74, 6) is -2.20. The maximum atomic E-state index is 15.5. The van der Waals surface area contributed by atoms with E-state index in [2.05, 4.69) is 27.2 Å². The highest BCUT2D eigenvalue weighted by Gasteiger charge is 2.25. The molecule has 1 aromatic heterocycles. The molecule has 11 heteroatoms. The highest BCUT2D eigenvalue weighted by atomic mass is 19.1. The Balaban J connectivity index is 1.46. The van der Waals surface area contributed by atoms with E-state index in [1.807, 2.05) is 11.8 Å². The Morgan fingerprint density at radius 2 is 1.80 bits per heavy atom. The van der Waals surface area contributed by atoms with Gasteiger partial charge in [0.15, 0.2) is 5.82 Å². The number of nitrogens with zero attached hydrogens (tertiary/aromatic N) is 5. The van der Waals surface area contributed by atoms with E-state index in [9.17, 15) is 13.6 Å². The van der Waals surface area contributed by atoms with Crippen LogP contribution >= 0.6 is 0 Å². The van der Waals surface area contributed by atoms with Gasteiger partial charge in [0.1, 0.15) is 24.6 Å². The smallest absolute Gasteiger partial charge is 0.302 e. The number of anilines is 3. The molecular weight excluding hydrogens is 461 g/mol. The SMILES string of the molecule is [CH2]C(COC(C)=O)N1CCN(c2cc(C)cc(Nc3ncn(-c4cc(F)cc(F)c4)n3)c2F)CC1. The molecule has 185 valence electrons. The summed E-state index contributed by atoms with van der Waals surface area (Å²) in [6.07, 6.45) is 1.29. The second-order valence-corrected chi connectivity index (χ2v) is 8.39. The molecule has 4 rings (SSSR count). The van der Waals surface area contributed by atoms with Crippen molar-refractivity contribution in [2.75, 3.05) is 43.0 Å². The first-order valence-electron chi connectivity index (χ1n) is 11.1. The lowest BCUT2D eigenvalue weighted by Gasteiger charge is -2.39. The average molecular weight is 488 g/mol. The van der Waals surface area contributed by atoms with Gasteiger partial charge in [-0.25, -0.2) is 17.9 Å². The third-order valence-corrected chi connectivity index (χ3v) is 5.70. The van der Waals surface area contributed by atoms with E-state index in [0.717, 1.165) is 23.8 Å². The van der Waals surface area contributed by atoms with Crippen molar-refractivity contribution in [1.29, 1.82) is 0 Å². The van der Waals surface area contributed by atoms with Crippen LogP contribution in [-0.2, 0) is 9.53 Å². The topological polar surface area (TPSA) is 75.5 Å². The average Bonchev–Trinajstić information content (AvgIpc) is 3.28. The molecule has 1 saturated heterocycles. The minimum absolute atomic E-state index is 0.0836. The largest absolute Gasteiger partial charge is 0.464 e. The fourth-order valence-electron chi connectivity index (χ4n) is 3.95. The zero-order valence-corrected chi connectivity index (χ0v) is 19.5. The minimum atomic E-state index is -0.740. The number of nitrogens with one attached hydrogen (secondary N) is 1. The van der Waals surface area contributed by atoms with Gasteiger partial charge in [-0.2, -0.15) is 4.98 Å². The number of esters is 1. The Bertz CT molecular complexity index is 1190. The molecule has 0 aliphatic carbocycles. The van der Waals surface area contributed by atoms with Crippen molar-refractivity contribution in [2.24, 2.45) is 0 Å². The third kappa shape index (κ3) is 5.91. The molecule has 1 N–H and O–H groups in total. The number of aryl methyl sites for hydroxylation is 1. The van der Waals surface area contributed by atoms with Crippen LogP contribution in [0.1, 0.15) is 12.5 Å². The molecule has 1 atom stereocenters. The van der Waals surface area contributed by atoms with Crippen LogP contribution in [0.3, 0.4) is 0 Å². The number of carbonyl (C=O) groups excluding carboxylic acids is 1. The molecule has 1 radical (unpaired) electrons. The van der Waals surface area contributed by atoms with Gasteiger partial charge in [0.05, 0.1) is 17.1 Å². The normalized spacial score (nSPS) is 15.2. The summed E-state index contributed by atoms with van der Waals surface area (Å²) >= 11 is 0. The van der Waals surface area contributed by atoms with Gasteiger partial charge >= 0.3 is 5.97 Å². The lowest BCUT2D eigenvalue weighted by Crippen LogP contribution is -2.51. The fourth-order valence-corrected chi connectivity index (χ4v) is 3.95. The molecule has 1 aliphatic heterocycles. The molecule has 0 amide bonds. The molecule has 35 heavy (non-hydrogen) atoms. The number of piperazine rings is 1. The fraction of sp³-hybridized carbons (Fsp3) is 0.333. The maximum Gasteiger partial charge on any atom is 0.302 e. The van der Waals surface area contributed by atoms with Gasteiger partial charge in [-0.3, -0.25) is 9.69 Å². The monoisotopic (exact) mass is 487 g/mol. The van der Waals surface area contributed by atoms with Crippen LogP contribution in [0.4, 0.5) is 30.5 Å². The van der Waals surface area contributed by atoms with Gasteiger partial charge < -0.3 is 15.0 Å². The predicted octanol–water partition coefficient (Wildman–Crippen LogP) is 3.62. The number of hydrogen-bond donors (Lipinski definition) is 1. The van der Waals surface area contributed by atoms with E-state index >= 15 is 4.39 Å². The van der Waals surface area contributed by atoms with E-state index < -0.39 is 17.5 Å². The number of aromatic nitrogens is 3.